The van der Waals surface area contributed by atoms with Crippen molar-refractivity contribution in [3.63, 3.8) is 0 Å². The van der Waals surface area contributed by atoms with Crippen LogP contribution in [0.4, 0.5) is 5.69 Å². The number of rotatable bonds is 7. The molecule has 1 unspecified atom stereocenters. The van der Waals surface area contributed by atoms with Crippen molar-refractivity contribution in [2.75, 3.05) is 12.5 Å². The van der Waals surface area contributed by atoms with E-state index in [2.05, 4.69) is 53.4 Å². The van der Waals surface area contributed by atoms with Gasteiger partial charge < -0.3 is 16.5 Å². The first-order chi connectivity index (χ1) is 14.9. The molecule has 0 bridgehead atoms. The van der Waals surface area contributed by atoms with Gasteiger partial charge in [0.25, 0.3) is 0 Å². The Balaban J connectivity index is 2.26. The Hall–Kier alpha value is -3.38. The molecule has 2 aromatic carbocycles. The SMILES string of the molecule is CC=Cc1cccc(C(C)=N/C(=C(/NC)C(C)C(N)=O)c2c(C)ccc3c2CNN3)c1. The summed E-state index contributed by atoms with van der Waals surface area (Å²) in [6.07, 6.45) is 4.08. The van der Waals surface area contributed by atoms with Gasteiger partial charge in [0.05, 0.1) is 17.3 Å². The lowest BCUT2D eigenvalue weighted by molar-refractivity contribution is -0.120. The summed E-state index contributed by atoms with van der Waals surface area (Å²) in [5.41, 5.74) is 20.7. The number of hydrazine groups is 1. The second-order valence-electron chi connectivity index (χ2n) is 7.72. The molecular weight excluding hydrogens is 386 g/mol. The van der Waals surface area contributed by atoms with E-state index in [0.717, 1.165) is 44.9 Å². The van der Waals surface area contributed by atoms with Crippen LogP contribution < -0.4 is 21.9 Å². The highest BCUT2D eigenvalue weighted by Gasteiger charge is 2.25. The zero-order valence-corrected chi connectivity index (χ0v) is 18.8. The number of hydrogen-bond donors (Lipinski definition) is 4. The molecule has 0 saturated heterocycles. The lowest BCUT2D eigenvalue weighted by atomic mass is 9.93. The van der Waals surface area contributed by atoms with Crippen molar-refractivity contribution >= 4 is 29.1 Å². The number of aliphatic imine (C=N–C) groups is 1. The van der Waals surface area contributed by atoms with Crippen molar-refractivity contribution in [1.29, 1.82) is 0 Å². The highest BCUT2D eigenvalue weighted by Crippen LogP contribution is 2.35. The van der Waals surface area contributed by atoms with Crippen LogP contribution in [0.15, 0.2) is 53.2 Å². The van der Waals surface area contributed by atoms with E-state index in [1.807, 2.05) is 32.1 Å². The van der Waals surface area contributed by atoms with E-state index in [0.29, 0.717) is 12.2 Å². The summed E-state index contributed by atoms with van der Waals surface area (Å²) in [6, 6.07) is 12.4. The van der Waals surface area contributed by atoms with Crippen LogP contribution >= 0.6 is 0 Å². The quantitative estimate of drug-likeness (QED) is 0.513. The molecule has 1 aliphatic rings. The molecule has 6 nitrogen and oxygen atoms in total. The Morgan fingerprint density at radius 1 is 1.29 bits per heavy atom. The maximum atomic E-state index is 12.1. The van der Waals surface area contributed by atoms with Crippen molar-refractivity contribution in [3.05, 3.63) is 76.0 Å². The van der Waals surface area contributed by atoms with Crippen LogP contribution in [0.2, 0.25) is 0 Å². The monoisotopic (exact) mass is 417 g/mol. The van der Waals surface area contributed by atoms with Gasteiger partial charge in [0.15, 0.2) is 0 Å². The third-order valence-electron chi connectivity index (χ3n) is 5.57. The summed E-state index contributed by atoms with van der Waals surface area (Å²) in [6.45, 7) is 8.53. The van der Waals surface area contributed by atoms with E-state index in [4.69, 9.17) is 10.7 Å². The Morgan fingerprint density at radius 3 is 2.74 bits per heavy atom. The number of hydrogen-bond acceptors (Lipinski definition) is 5. The number of fused-ring (bicyclic) bond motifs is 1. The summed E-state index contributed by atoms with van der Waals surface area (Å²) >= 11 is 0. The number of nitrogens with two attached hydrogens (primary N) is 1. The minimum absolute atomic E-state index is 0.397. The summed E-state index contributed by atoms with van der Waals surface area (Å²) in [5, 5.41) is 3.21. The zero-order valence-electron chi connectivity index (χ0n) is 18.8. The van der Waals surface area contributed by atoms with Gasteiger partial charge in [-0.2, -0.15) is 0 Å². The highest BCUT2D eigenvalue weighted by molar-refractivity contribution is 6.03. The Morgan fingerprint density at radius 2 is 2.06 bits per heavy atom. The van der Waals surface area contributed by atoms with Crippen molar-refractivity contribution in [3.8, 4) is 0 Å². The number of nitrogens with one attached hydrogen (secondary N) is 3. The fraction of sp³-hybridized carbons (Fsp3) is 0.280. The number of carbonyl (C=O) groups is 1. The Labute approximate surface area is 184 Å². The van der Waals surface area contributed by atoms with Gasteiger partial charge in [-0.15, -0.1) is 0 Å². The number of anilines is 1. The lowest BCUT2D eigenvalue weighted by Gasteiger charge is -2.20. The predicted octanol–water partition coefficient (Wildman–Crippen LogP) is 3.98. The predicted molar refractivity (Wildman–Crippen MR) is 129 cm³/mol. The van der Waals surface area contributed by atoms with Gasteiger partial charge >= 0.3 is 0 Å². The molecule has 0 aromatic heterocycles. The smallest absolute Gasteiger partial charge is 0.226 e. The fourth-order valence-electron chi connectivity index (χ4n) is 3.85. The molecule has 1 amide bonds. The normalized spacial score (nSPS) is 15.3. The number of allylic oxidation sites excluding steroid dienone is 1. The van der Waals surface area contributed by atoms with Crippen LogP contribution in [0.5, 0.6) is 0 Å². The minimum atomic E-state index is -0.511. The summed E-state index contributed by atoms with van der Waals surface area (Å²) in [5.74, 6) is -0.908. The van der Waals surface area contributed by atoms with Crippen LogP contribution in [0.1, 0.15) is 48.6 Å². The van der Waals surface area contributed by atoms with E-state index in [1.54, 1.807) is 14.0 Å². The van der Waals surface area contributed by atoms with Gasteiger partial charge in [-0.1, -0.05) is 36.4 Å². The lowest BCUT2D eigenvalue weighted by Crippen LogP contribution is -2.28. The first-order valence-electron chi connectivity index (χ1n) is 10.5. The van der Waals surface area contributed by atoms with E-state index < -0.39 is 11.8 Å². The molecule has 2 aromatic rings. The summed E-state index contributed by atoms with van der Waals surface area (Å²) in [7, 11) is 1.81. The van der Waals surface area contributed by atoms with Gasteiger partial charge in [-0.3, -0.25) is 9.79 Å². The topological polar surface area (TPSA) is 91.5 Å². The number of aryl methyl sites for hydroxylation is 1. The first-order valence-corrected chi connectivity index (χ1v) is 10.5. The molecule has 5 N–H and O–H groups in total. The molecule has 1 atom stereocenters. The van der Waals surface area contributed by atoms with Gasteiger partial charge in [-0.25, -0.2) is 5.43 Å². The number of nitrogens with zero attached hydrogens (tertiary/aromatic N) is 1. The molecule has 6 heteroatoms. The van der Waals surface area contributed by atoms with E-state index >= 15 is 0 Å². The minimum Gasteiger partial charge on any atom is -0.389 e. The number of amides is 1. The molecule has 0 spiro atoms. The van der Waals surface area contributed by atoms with Crippen LogP contribution in [0.25, 0.3) is 11.8 Å². The van der Waals surface area contributed by atoms with Crippen molar-refractivity contribution in [2.24, 2.45) is 16.6 Å². The van der Waals surface area contributed by atoms with Crippen LogP contribution in [0.3, 0.4) is 0 Å². The van der Waals surface area contributed by atoms with Crippen molar-refractivity contribution < 1.29 is 4.79 Å². The Bertz CT molecular complexity index is 1080. The maximum absolute atomic E-state index is 12.1. The first kappa shape index (κ1) is 22.3. The van der Waals surface area contributed by atoms with Crippen LogP contribution in [-0.2, 0) is 11.3 Å². The van der Waals surface area contributed by atoms with E-state index in [-0.39, 0.29) is 0 Å². The standard InChI is InChI=1S/C25H31N5O/c1-6-8-18-9-7-10-19(13-18)17(4)29-24(23(27-5)16(3)25(26)31)22-15(2)11-12-21-20(22)14-28-30-21/h6-13,16,27-28,30H,14H2,1-5H3,(H2,26,31)/b8-6?,24-23+,29-17?. The molecule has 162 valence electrons. The zero-order chi connectivity index (χ0) is 22.5. The largest absolute Gasteiger partial charge is 0.389 e. The Kier molecular flexibility index (Phi) is 6.92. The molecule has 31 heavy (non-hydrogen) atoms. The van der Waals surface area contributed by atoms with Gasteiger partial charge in [-0.05, 0) is 56.5 Å². The molecule has 0 fully saturated rings. The van der Waals surface area contributed by atoms with Crippen LogP contribution in [0, 0.1) is 12.8 Å². The van der Waals surface area contributed by atoms with Crippen LogP contribution in [-0.4, -0.2) is 18.7 Å². The second kappa shape index (κ2) is 9.62. The molecule has 0 radical (unpaired) electrons. The average Bonchev–Trinajstić information content (AvgIpc) is 3.22. The number of primary amides is 1. The van der Waals surface area contributed by atoms with Gasteiger partial charge in [0.2, 0.25) is 5.91 Å². The number of carbonyl (C=O) groups excluding carboxylic acids is 1. The fourth-order valence-corrected chi connectivity index (χ4v) is 3.85. The maximum Gasteiger partial charge on any atom is 0.226 e. The molecule has 0 aliphatic carbocycles. The second-order valence-corrected chi connectivity index (χ2v) is 7.72. The average molecular weight is 418 g/mol. The molecular formula is C25H31N5O. The van der Waals surface area contributed by atoms with Gasteiger partial charge in [0.1, 0.15) is 0 Å². The van der Waals surface area contributed by atoms with Crippen molar-refractivity contribution in [2.45, 2.75) is 34.2 Å². The molecule has 3 rings (SSSR count). The van der Waals surface area contributed by atoms with Gasteiger partial charge in [0, 0.05) is 36.1 Å². The summed E-state index contributed by atoms with van der Waals surface area (Å²) < 4.78 is 0. The third-order valence-corrected chi connectivity index (χ3v) is 5.57. The third kappa shape index (κ3) is 4.70. The van der Waals surface area contributed by atoms with E-state index in [9.17, 15) is 4.79 Å². The van der Waals surface area contributed by atoms with Crippen molar-refractivity contribution in [1.82, 2.24) is 10.7 Å². The van der Waals surface area contributed by atoms with E-state index in [1.165, 1.54) is 0 Å². The molecule has 1 heterocycles. The number of benzene rings is 2. The highest BCUT2D eigenvalue weighted by atomic mass is 16.1. The molecule has 1 aliphatic heterocycles. The molecule has 0 saturated carbocycles. The summed E-state index contributed by atoms with van der Waals surface area (Å²) in [4.78, 5) is 17.2.